The summed E-state index contributed by atoms with van der Waals surface area (Å²) in [6, 6.07) is 11.5. The number of ether oxygens (including phenoxy) is 1. The number of nitrogens with two attached hydrogens (primary N) is 1. The van der Waals surface area contributed by atoms with Gasteiger partial charge < -0.3 is 10.2 Å². The van der Waals surface area contributed by atoms with Crippen molar-refractivity contribution in [3.8, 4) is 5.75 Å². The van der Waals surface area contributed by atoms with Crippen LogP contribution in [0, 0.1) is 0 Å². The van der Waals surface area contributed by atoms with Crippen molar-refractivity contribution in [2.24, 2.45) is 5.84 Å². The molecule has 1 fully saturated rings. The number of hydrogen-bond donors (Lipinski definition) is 2. The van der Waals surface area contributed by atoms with E-state index in [4.69, 9.17) is 10.6 Å². The van der Waals surface area contributed by atoms with Crippen LogP contribution in [0.4, 0.5) is 18.9 Å². The molecular formula is C19H21F3N2O. The van der Waals surface area contributed by atoms with E-state index in [1.807, 2.05) is 0 Å². The smallest absolute Gasteiger partial charge is 0.416 e. The summed E-state index contributed by atoms with van der Waals surface area (Å²) in [5.41, 5.74) is 3.64. The number of anilines is 1. The van der Waals surface area contributed by atoms with Crippen molar-refractivity contribution in [1.29, 1.82) is 0 Å². The van der Waals surface area contributed by atoms with Gasteiger partial charge >= 0.3 is 6.18 Å². The summed E-state index contributed by atoms with van der Waals surface area (Å²) in [6.45, 7) is 0.0867. The largest absolute Gasteiger partial charge is 0.489 e. The van der Waals surface area contributed by atoms with Gasteiger partial charge in [-0.2, -0.15) is 13.2 Å². The first-order chi connectivity index (χ1) is 12.0. The summed E-state index contributed by atoms with van der Waals surface area (Å²) in [5.74, 6) is 5.88. The van der Waals surface area contributed by atoms with Crippen LogP contribution < -0.4 is 16.0 Å². The fourth-order valence-corrected chi connectivity index (χ4v) is 3.35. The summed E-state index contributed by atoms with van der Waals surface area (Å²) in [6.07, 6.45) is -0.676. The number of alkyl halides is 3. The molecule has 0 unspecified atom stereocenters. The van der Waals surface area contributed by atoms with Gasteiger partial charge in [0.05, 0.1) is 5.56 Å². The Bertz CT molecular complexity index is 708. The van der Waals surface area contributed by atoms with Crippen molar-refractivity contribution in [1.82, 2.24) is 0 Å². The number of halogens is 3. The van der Waals surface area contributed by atoms with E-state index in [1.165, 1.54) is 6.07 Å². The van der Waals surface area contributed by atoms with Crippen LogP contribution in [-0.2, 0) is 12.8 Å². The predicted octanol–water partition coefficient (Wildman–Crippen LogP) is 5.23. The molecule has 3 rings (SSSR count). The molecule has 3 N–H and O–H groups in total. The fraction of sp³-hybridized carbons (Fsp3) is 0.368. The third kappa shape index (κ3) is 4.25. The maximum atomic E-state index is 13.5. The third-order valence-corrected chi connectivity index (χ3v) is 4.64. The molecule has 0 spiro atoms. The molecule has 0 aliphatic heterocycles. The Balaban J connectivity index is 1.77. The minimum Gasteiger partial charge on any atom is -0.489 e. The quantitative estimate of drug-likeness (QED) is 0.573. The molecule has 6 heteroatoms. The molecule has 134 valence electrons. The minimum absolute atomic E-state index is 0.0166. The highest BCUT2D eigenvalue weighted by Crippen LogP contribution is 2.41. The molecule has 1 aliphatic rings. The highest BCUT2D eigenvalue weighted by Gasteiger charge is 2.36. The molecular weight excluding hydrogens is 329 g/mol. The Morgan fingerprint density at radius 3 is 2.32 bits per heavy atom. The van der Waals surface area contributed by atoms with Gasteiger partial charge in [0.2, 0.25) is 0 Å². The van der Waals surface area contributed by atoms with Gasteiger partial charge in [-0.1, -0.05) is 25.0 Å². The first kappa shape index (κ1) is 17.6. The fourth-order valence-electron chi connectivity index (χ4n) is 3.35. The van der Waals surface area contributed by atoms with Crippen molar-refractivity contribution in [2.75, 3.05) is 5.43 Å². The second-order valence-corrected chi connectivity index (χ2v) is 6.36. The number of hydrazine groups is 1. The van der Waals surface area contributed by atoms with E-state index in [1.54, 1.807) is 36.4 Å². The summed E-state index contributed by atoms with van der Waals surface area (Å²) < 4.78 is 46.0. The molecule has 0 radical (unpaired) electrons. The van der Waals surface area contributed by atoms with E-state index in [9.17, 15) is 13.2 Å². The van der Waals surface area contributed by atoms with Gasteiger partial charge in [-0.3, -0.25) is 5.84 Å². The lowest BCUT2D eigenvalue weighted by Gasteiger charge is -2.19. The van der Waals surface area contributed by atoms with Crippen molar-refractivity contribution >= 4 is 5.69 Å². The molecule has 2 aromatic rings. The Kier molecular flexibility index (Phi) is 5.18. The van der Waals surface area contributed by atoms with Gasteiger partial charge in [0.1, 0.15) is 12.4 Å². The average molecular weight is 350 g/mol. The molecule has 0 saturated heterocycles. The van der Waals surface area contributed by atoms with Crippen molar-refractivity contribution < 1.29 is 17.9 Å². The van der Waals surface area contributed by atoms with Gasteiger partial charge in [0, 0.05) is 5.69 Å². The Labute approximate surface area is 145 Å². The van der Waals surface area contributed by atoms with Gasteiger partial charge in [-0.05, 0) is 60.2 Å². The van der Waals surface area contributed by atoms with Crippen LogP contribution >= 0.6 is 0 Å². The van der Waals surface area contributed by atoms with Crippen LogP contribution in [0.5, 0.6) is 5.75 Å². The molecule has 1 aliphatic carbocycles. The van der Waals surface area contributed by atoms with Crippen LogP contribution in [0.2, 0.25) is 0 Å². The standard InChI is InChI=1S/C19H21F3N2O/c20-19(21,22)18-11-13(5-10-17(18)14-3-1-2-4-14)12-25-16-8-6-15(24-23)7-9-16/h5-11,14,24H,1-4,12,23H2. The van der Waals surface area contributed by atoms with Crippen LogP contribution in [0.3, 0.4) is 0 Å². The molecule has 0 heterocycles. The van der Waals surface area contributed by atoms with Crippen molar-refractivity contribution in [3.63, 3.8) is 0 Å². The molecule has 3 nitrogen and oxygen atoms in total. The average Bonchev–Trinajstić information content (AvgIpc) is 3.14. The predicted molar refractivity (Wildman–Crippen MR) is 91.2 cm³/mol. The van der Waals surface area contributed by atoms with Crippen LogP contribution in [0.1, 0.15) is 48.3 Å². The Hall–Kier alpha value is -2.21. The van der Waals surface area contributed by atoms with E-state index in [2.05, 4.69) is 5.43 Å². The molecule has 0 aromatic heterocycles. The summed E-state index contributed by atoms with van der Waals surface area (Å²) in [4.78, 5) is 0. The summed E-state index contributed by atoms with van der Waals surface area (Å²) in [5, 5.41) is 0. The van der Waals surface area contributed by atoms with Gasteiger partial charge in [-0.15, -0.1) is 0 Å². The molecule has 2 aromatic carbocycles. The molecule has 1 saturated carbocycles. The van der Waals surface area contributed by atoms with Crippen LogP contribution in [0.25, 0.3) is 0 Å². The lowest BCUT2D eigenvalue weighted by molar-refractivity contribution is -0.138. The van der Waals surface area contributed by atoms with Gasteiger partial charge in [0.25, 0.3) is 0 Å². The maximum absolute atomic E-state index is 13.5. The first-order valence-electron chi connectivity index (χ1n) is 8.37. The zero-order chi connectivity index (χ0) is 17.9. The summed E-state index contributed by atoms with van der Waals surface area (Å²) in [7, 11) is 0. The van der Waals surface area contributed by atoms with Crippen LogP contribution in [-0.4, -0.2) is 0 Å². The number of nitrogens with one attached hydrogen (secondary N) is 1. The Morgan fingerprint density at radius 1 is 1.04 bits per heavy atom. The normalized spacial score (nSPS) is 15.4. The van der Waals surface area contributed by atoms with E-state index in [0.717, 1.165) is 31.4 Å². The number of hydrogen-bond acceptors (Lipinski definition) is 3. The third-order valence-electron chi connectivity index (χ3n) is 4.64. The zero-order valence-electron chi connectivity index (χ0n) is 13.8. The Morgan fingerprint density at radius 2 is 1.72 bits per heavy atom. The second-order valence-electron chi connectivity index (χ2n) is 6.36. The highest BCUT2D eigenvalue weighted by atomic mass is 19.4. The first-order valence-corrected chi connectivity index (χ1v) is 8.37. The SMILES string of the molecule is NNc1ccc(OCc2ccc(C3CCCC3)c(C(F)(F)F)c2)cc1. The van der Waals surface area contributed by atoms with E-state index < -0.39 is 11.7 Å². The lowest BCUT2D eigenvalue weighted by Crippen LogP contribution is -2.12. The second kappa shape index (κ2) is 7.35. The number of benzene rings is 2. The molecule has 0 bridgehead atoms. The molecule has 25 heavy (non-hydrogen) atoms. The maximum Gasteiger partial charge on any atom is 0.416 e. The number of nitrogen functional groups attached to an aromatic ring is 1. The van der Waals surface area contributed by atoms with E-state index >= 15 is 0 Å². The monoisotopic (exact) mass is 350 g/mol. The van der Waals surface area contributed by atoms with Crippen LogP contribution in [0.15, 0.2) is 42.5 Å². The van der Waals surface area contributed by atoms with Crippen molar-refractivity contribution in [3.05, 3.63) is 59.2 Å². The van der Waals surface area contributed by atoms with Gasteiger partial charge in [0.15, 0.2) is 0 Å². The topological polar surface area (TPSA) is 47.3 Å². The minimum atomic E-state index is -4.34. The van der Waals surface area contributed by atoms with E-state index in [0.29, 0.717) is 16.9 Å². The highest BCUT2D eigenvalue weighted by molar-refractivity contribution is 5.45. The molecule has 0 amide bonds. The summed E-state index contributed by atoms with van der Waals surface area (Å²) >= 11 is 0. The number of rotatable bonds is 5. The lowest BCUT2D eigenvalue weighted by atomic mass is 9.91. The molecule has 0 atom stereocenters. The van der Waals surface area contributed by atoms with Gasteiger partial charge in [-0.25, -0.2) is 0 Å². The zero-order valence-corrected chi connectivity index (χ0v) is 13.8. The van der Waals surface area contributed by atoms with E-state index in [-0.39, 0.29) is 12.5 Å². The van der Waals surface area contributed by atoms with Crippen molar-refractivity contribution in [2.45, 2.75) is 44.4 Å².